The smallest absolute Gasteiger partial charge is 0.0342 e. The van der Waals surface area contributed by atoms with Gasteiger partial charge in [-0.05, 0) is 51.3 Å². The summed E-state index contributed by atoms with van der Waals surface area (Å²) in [6, 6.07) is 17.9. The summed E-state index contributed by atoms with van der Waals surface area (Å²) in [5.74, 6) is 0. The van der Waals surface area contributed by atoms with E-state index in [0.29, 0.717) is 6.04 Å². The minimum Gasteiger partial charge on any atom is -0.383 e. The average molecular weight is 253 g/mol. The van der Waals surface area contributed by atoms with E-state index in [1.54, 1.807) is 0 Å². The maximum Gasteiger partial charge on any atom is 0.0342 e. The van der Waals surface area contributed by atoms with Gasteiger partial charge in [0, 0.05) is 11.7 Å². The van der Waals surface area contributed by atoms with Crippen LogP contribution in [-0.4, -0.2) is 6.04 Å². The van der Waals surface area contributed by atoms with Crippen molar-refractivity contribution in [1.82, 2.24) is 0 Å². The molecule has 0 saturated heterocycles. The topological polar surface area (TPSA) is 12.0 Å². The molecule has 0 spiro atoms. The lowest BCUT2D eigenvalue weighted by Gasteiger charge is -2.15. The van der Waals surface area contributed by atoms with Crippen LogP contribution < -0.4 is 5.32 Å². The monoisotopic (exact) mass is 253 g/mol. The molecule has 0 bridgehead atoms. The van der Waals surface area contributed by atoms with E-state index in [1.807, 2.05) is 0 Å². The van der Waals surface area contributed by atoms with Crippen molar-refractivity contribution in [2.24, 2.45) is 0 Å². The van der Waals surface area contributed by atoms with E-state index in [1.165, 1.54) is 22.4 Å². The predicted molar refractivity (Wildman–Crippen MR) is 83.8 cm³/mol. The molecule has 0 radical (unpaired) electrons. The largest absolute Gasteiger partial charge is 0.383 e. The van der Waals surface area contributed by atoms with Crippen LogP contribution in [0.1, 0.15) is 30.0 Å². The van der Waals surface area contributed by atoms with E-state index in [2.05, 4.69) is 74.6 Å². The SMILES string of the molecule is Cc1ccc(NC(C)CCc2cccc(C)c2)cc1. The fraction of sp³-hybridized carbons (Fsp3) is 0.333. The lowest BCUT2D eigenvalue weighted by Crippen LogP contribution is -2.15. The summed E-state index contributed by atoms with van der Waals surface area (Å²) in [5.41, 5.74) is 5.29. The quantitative estimate of drug-likeness (QED) is 0.811. The van der Waals surface area contributed by atoms with E-state index < -0.39 is 0 Å². The Morgan fingerprint density at radius 3 is 2.37 bits per heavy atom. The second-order valence-electron chi connectivity index (χ2n) is 5.44. The number of anilines is 1. The third-order valence-corrected chi connectivity index (χ3v) is 3.41. The van der Waals surface area contributed by atoms with Crippen molar-refractivity contribution in [1.29, 1.82) is 0 Å². The highest BCUT2D eigenvalue weighted by molar-refractivity contribution is 5.45. The van der Waals surface area contributed by atoms with Crippen LogP contribution in [-0.2, 0) is 6.42 Å². The fourth-order valence-corrected chi connectivity index (χ4v) is 2.26. The van der Waals surface area contributed by atoms with Crippen LogP contribution >= 0.6 is 0 Å². The summed E-state index contributed by atoms with van der Waals surface area (Å²) in [5, 5.41) is 3.55. The Labute approximate surface area is 116 Å². The molecule has 100 valence electrons. The lowest BCUT2D eigenvalue weighted by molar-refractivity contribution is 0.706. The van der Waals surface area contributed by atoms with Crippen LogP contribution in [0.2, 0.25) is 0 Å². The normalized spacial score (nSPS) is 12.2. The summed E-state index contributed by atoms with van der Waals surface area (Å²) in [6.45, 7) is 6.51. The highest BCUT2D eigenvalue weighted by Crippen LogP contribution is 2.13. The third-order valence-electron chi connectivity index (χ3n) is 3.41. The van der Waals surface area contributed by atoms with E-state index in [4.69, 9.17) is 0 Å². The summed E-state index contributed by atoms with van der Waals surface area (Å²) in [7, 11) is 0. The average Bonchev–Trinajstić information content (AvgIpc) is 2.39. The van der Waals surface area contributed by atoms with Gasteiger partial charge in [0.15, 0.2) is 0 Å². The van der Waals surface area contributed by atoms with E-state index in [9.17, 15) is 0 Å². The van der Waals surface area contributed by atoms with Crippen LogP contribution in [0.3, 0.4) is 0 Å². The van der Waals surface area contributed by atoms with Gasteiger partial charge in [0.05, 0.1) is 0 Å². The van der Waals surface area contributed by atoms with Gasteiger partial charge < -0.3 is 5.32 Å². The highest BCUT2D eigenvalue weighted by atomic mass is 14.9. The molecule has 0 aromatic heterocycles. The number of nitrogens with one attached hydrogen (secondary N) is 1. The standard InChI is InChI=1S/C18H23N/c1-14-7-11-18(12-8-14)19-16(3)9-10-17-6-4-5-15(2)13-17/h4-8,11-13,16,19H,9-10H2,1-3H3. The van der Waals surface area contributed by atoms with Crippen molar-refractivity contribution in [2.45, 2.75) is 39.7 Å². The molecule has 1 heteroatoms. The van der Waals surface area contributed by atoms with Crippen molar-refractivity contribution in [2.75, 3.05) is 5.32 Å². The van der Waals surface area contributed by atoms with Crippen LogP contribution in [0.5, 0.6) is 0 Å². The molecule has 19 heavy (non-hydrogen) atoms. The Hall–Kier alpha value is -1.76. The number of benzene rings is 2. The molecule has 0 heterocycles. The van der Waals surface area contributed by atoms with Gasteiger partial charge in [0.1, 0.15) is 0 Å². The molecule has 1 N–H and O–H groups in total. The Bertz CT molecular complexity index is 513. The lowest BCUT2D eigenvalue weighted by atomic mass is 10.0. The summed E-state index contributed by atoms with van der Waals surface area (Å²) in [4.78, 5) is 0. The van der Waals surface area contributed by atoms with Crippen LogP contribution in [0.15, 0.2) is 48.5 Å². The first-order valence-corrected chi connectivity index (χ1v) is 7.02. The Balaban J connectivity index is 1.84. The van der Waals surface area contributed by atoms with Crippen molar-refractivity contribution < 1.29 is 0 Å². The predicted octanol–water partition coefficient (Wildman–Crippen LogP) is 4.74. The third kappa shape index (κ3) is 4.44. The molecule has 0 aliphatic rings. The van der Waals surface area contributed by atoms with Gasteiger partial charge >= 0.3 is 0 Å². The van der Waals surface area contributed by atoms with Crippen LogP contribution in [0.25, 0.3) is 0 Å². The van der Waals surface area contributed by atoms with E-state index in [0.717, 1.165) is 12.8 Å². The van der Waals surface area contributed by atoms with Gasteiger partial charge in [-0.2, -0.15) is 0 Å². The Morgan fingerprint density at radius 2 is 1.68 bits per heavy atom. The highest BCUT2D eigenvalue weighted by Gasteiger charge is 2.03. The second kappa shape index (κ2) is 6.42. The van der Waals surface area contributed by atoms with Crippen molar-refractivity contribution in [3.8, 4) is 0 Å². The first-order chi connectivity index (χ1) is 9.13. The molecule has 0 saturated carbocycles. The summed E-state index contributed by atoms with van der Waals surface area (Å²) in [6.07, 6.45) is 2.28. The number of rotatable bonds is 5. The molecule has 2 rings (SSSR count). The van der Waals surface area contributed by atoms with Gasteiger partial charge in [-0.25, -0.2) is 0 Å². The van der Waals surface area contributed by atoms with Gasteiger partial charge in [-0.3, -0.25) is 0 Å². The van der Waals surface area contributed by atoms with Crippen molar-refractivity contribution in [3.63, 3.8) is 0 Å². The molecule has 1 atom stereocenters. The molecule has 1 unspecified atom stereocenters. The number of aryl methyl sites for hydroxylation is 3. The maximum atomic E-state index is 3.55. The Morgan fingerprint density at radius 1 is 0.947 bits per heavy atom. The summed E-state index contributed by atoms with van der Waals surface area (Å²) >= 11 is 0. The van der Waals surface area contributed by atoms with Gasteiger partial charge in [0.2, 0.25) is 0 Å². The molecule has 2 aromatic carbocycles. The number of hydrogen-bond donors (Lipinski definition) is 1. The molecule has 0 aliphatic carbocycles. The molecule has 2 aromatic rings. The minimum atomic E-state index is 0.489. The number of hydrogen-bond acceptors (Lipinski definition) is 1. The first kappa shape index (κ1) is 13.7. The van der Waals surface area contributed by atoms with Crippen LogP contribution in [0.4, 0.5) is 5.69 Å². The molecule has 0 amide bonds. The van der Waals surface area contributed by atoms with Crippen molar-refractivity contribution >= 4 is 5.69 Å². The maximum absolute atomic E-state index is 3.55. The Kier molecular flexibility index (Phi) is 4.62. The van der Waals surface area contributed by atoms with Gasteiger partial charge in [-0.15, -0.1) is 0 Å². The van der Waals surface area contributed by atoms with E-state index >= 15 is 0 Å². The molecule has 0 fully saturated rings. The minimum absolute atomic E-state index is 0.489. The van der Waals surface area contributed by atoms with E-state index in [-0.39, 0.29) is 0 Å². The fourth-order valence-electron chi connectivity index (χ4n) is 2.26. The zero-order valence-electron chi connectivity index (χ0n) is 12.1. The molecular weight excluding hydrogens is 230 g/mol. The molecule has 1 nitrogen and oxygen atoms in total. The summed E-state index contributed by atoms with van der Waals surface area (Å²) < 4.78 is 0. The zero-order chi connectivity index (χ0) is 13.7. The molecular formula is C18H23N. The van der Waals surface area contributed by atoms with Gasteiger partial charge in [-0.1, -0.05) is 47.5 Å². The second-order valence-corrected chi connectivity index (χ2v) is 5.44. The van der Waals surface area contributed by atoms with Gasteiger partial charge in [0.25, 0.3) is 0 Å². The van der Waals surface area contributed by atoms with Crippen LogP contribution in [0, 0.1) is 13.8 Å². The first-order valence-electron chi connectivity index (χ1n) is 7.02. The molecule has 0 aliphatic heterocycles. The zero-order valence-corrected chi connectivity index (χ0v) is 12.1. The van der Waals surface area contributed by atoms with Crippen molar-refractivity contribution in [3.05, 3.63) is 65.2 Å².